The monoisotopic (exact) mass is 335 g/mol. The summed E-state index contributed by atoms with van der Waals surface area (Å²) in [5, 5.41) is 11.0. The first kappa shape index (κ1) is 16.0. The van der Waals surface area contributed by atoms with Crippen molar-refractivity contribution in [2.45, 2.75) is 37.7 Å². The largest absolute Gasteiger partial charge is 0.375 e. The van der Waals surface area contributed by atoms with E-state index in [1.54, 1.807) is 25.2 Å². The normalized spacial score (nSPS) is 21.8. The number of rotatable bonds is 3. The summed E-state index contributed by atoms with van der Waals surface area (Å²) in [7, 11) is 1.63. The molecule has 1 heterocycles. The van der Waals surface area contributed by atoms with E-state index in [0.717, 1.165) is 19.3 Å². The van der Waals surface area contributed by atoms with Crippen molar-refractivity contribution in [3.63, 3.8) is 0 Å². The highest BCUT2D eigenvalue weighted by molar-refractivity contribution is 6.10. The van der Waals surface area contributed by atoms with Gasteiger partial charge in [-0.3, -0.25) is 9.59 Å². The van der Waals surface area contributed by atoms with Crippen LogP contribution in [0.5, 0.6) is 0 Å². The molecule has 0 aromatic heterocycles. The van der Waals surface area contributed by atoms with Crippen LogP contribution in [0.1, 0.15) is 46.3 Å². The van der Waals surface area contributed by atoms with Gasteiger partial charge in [0.05, 0.1) is 12.1 Å². The Balaban J connectivity index is 1.66. The number of carbonyl (C=O) groups is 2. The minimum atomic E-state index is -1.78. The molecule has 4 nitrogen and oxygen atoms in total. The second-order valence-corrected chi connectivity index (χ2v) is 7.03. The lowest BCUT2D eigenvalue weighted by Crippen LogP contribution is -2.40. The van der Waals surface area contributed by atoms with Gasteiger partial charge in [0.15, 0.2) is 11.4 Å². The molecule has 0 fully saturated rings. The molecule has 0 saturated carbocycles. The summed E-state index contributed by atoms with van der Waals surface area (Å²) in [5.41, 5.74) is 2.50. The molecule has 0 spiro atoms. The fourth-order valence-corrected chi connectivity index (χ4v) is 4.03. The minimum Gasteiger partial charge on any atom is -0.375 e. The number of nitrogens with zero attached hydrogens (tertiary/aromatic N) is 1. The molecule has 1 amide bonds. The minimum absolute atomic E-state index is 0.200. The van der Waals surface area contributed by atoms with Crippen LogP contribution in [0.2, 0.25) is 0 Å². The number of benzene rings is 2. The van der Waals surface area contributed by atoms with Crippen LogP contribution in [0, 0.1) is 0 Å². The number of fused-ring (bicyclic) bond motifs is 2. The predicted octanol–water partition coefficient (Wildman–Crippen LogP) is 3.00. The molecule has 0 saturated heterocycles. The van der Waals surface area contributed by atoms with E-state index < -0.39 is 11.5 Å². The third-order valence-electron chi connectivity index (χ3n) is 5.46. The highest BCUT2D eigenvalue weighted by Gasteiger charge is 2.49. The number of Topliss-reactive ketones (excluding diaryl/α,β-unsaturated/α-hetero) is 1. The smallest absolute Gasteiger partial charge is 0.263 e. The molecule has 4 rings (SSSR count). The van der Waals surface area contributed by atoms with Crippen molar-refractivity contribution in [1.29, 1.82) is 0 Å². The van der Waals surface area contributed by atoms with Crippen molar-refractivity contribution in [3.8, 4) is 0 Å². The lowest BCUT2D eigenvalue weighted by molar-refractivity contribution is -0.135. The zero-order chi connectivity index (χ0) is 17.6. The zero-order valence-electron chi connectivity index (χ0n) is 14.3. The second-order valence-electron chi connectivity index (χ2n) is 7.03. The number of aliphatic hydroxyl groups is 1. The fraction of sp³-hybridized carbons (Fsp3) is 0.333. The van der Waals surface area contributed by atoms with Crippen LogP contribution in [0.4, 0.5) is 5.69 Å². The Hall–Kier alpha value is -2.46. The molecular formula is C21H21NO3. The third kappa shape index (κ3) is 2.48. The van der Waals surface area contributed by atoms with Crippen LogP contribution >= 0.6 is 0 Å². The van der Waals surface area contributed by atoms with Gasteiger partial charge in [-0.05, 0) is 48.9 Å². The fourth-order valence-electron chi connectivity index (χ4n) is 4.03. The van der Waals surface area contributed by atoms with Gasteiger partial charge >= 0.3 is 0 Å². The molecule has 0 radical (unpaired) electrons. The van der Waals surface area contributed by atoms with Crippen LogP contribution in [0.3, 0.4) is 0 Å². The molecule has 1 N–H and O–H groups in total. The number of amides is 1. The van der Waals surface area contributed by atoms with Crippen LogP contribution in [0.15, 0.2) is 42.5 Å². The average Bonchev–Trinajstić information content (AvgIpc) is 2.83. The molecule has 25 heavy (non-hydrogen) atoms. The number of likely N-dealkylation sites (N-methyl/N-ethyl adjacent to an activating group) is 1. The maximum atomic E-state index is 12.8. The summed E-state index contributed by atoms with van der Waals surface area (Å²) >= 11 is 0. The zero-order valence-corrected chi connectivity index (χ0v) is 14.3. The molecule has 2 aromatic rings. The van der Waals surface area contributed by atoms with Gasteiger partial charge in [0, 0.05) is 18.2 Å². The van der Waals surface area contributed by atoms with E-state index in [9.17, 15) is 14.7 Å². The number of para-hydroxylation sites is 1. The highest BCUT2D eigenvalue weighted by atomic mass is 16.3. The number of aryl methyl sites for hydroxylation is 2. The molecule has 0 unspecified atom stereocenters. The Labute approximate surface area is 147 Å². The number of carbonyl (C=O) groups excluding carboxylic acids is 2. The van der Waals surface area contributed by atoms with E-state index in [2.05, 4.69) is 0 Å². The van der Waals surface area contributed by atoms with Crippen molar-refractivity contribution in [2.24, 2.45) is 0 Å². The van der Waals surface area contributed by atoms with Crippen molar-refractivity contribution in [1.82, 2.24) is 0 Å². The average molecular weight is 335 g/mol. The number of anilines is 1. The molecule has 2 aliphatic rings. The van der Waals surface area contributed by atoms with E-state index in [1.807, 2.05) is 24.3 Å². The molecule has 4 heteroatoms. The van der Waals surface area contributed by atoms with Gasteiger partial charge in [-0.15, -0.1) is 0 Å². The van der Waals surface area contributed by atoms with E-state index in [0.29, 0.717) is 16.8 Å². The molecule has 0 bridgehead atoms. The predicted molar refractivity (Wildman–Crippen MR) is 95.8 cm³/mol. The Morgan fingerprint density at radius 1 is 1.12 bits per heavy atom. The van der Waals surface area contributed by atoms with Gasteiger partial charge < -0.3 is 10.0 Å². The molecular weight excluding hydrogens is 314 g/mol. The molecule has 1 aliphatic heterocycles. The van der Waals surface area contributed by atoms with E-state index >= 15 is 0 Å². The summed E-state index contributed by atoms with van der Waals surface area (Å²) in [6, 6.07) is 12.9. The first-order valence-corrected chi connectivity index (χ1v) is 8.76. The first-order valence-electron chi connectivity index (χ1n) is 8.76. The number of hydrogen-bond donors (Lipinski definition) is 1. The summed E-state index contributed by atoms with van der Waals surface area (Å²) in [5.74, 6) is -0.644. The van der Waals surface area contributed by atoms with E-state index in [-0.39, 0.29) is 12.2 Å². The summed E-state index contributed by atoms with van der Waals surface area (Å²) < 4.78 is 0. The Morgan fingerprint density at radius 3 is 2.64 bits per heavy atom. The van der Waals surface area contributed by atoms with Crippen LogP contribution in [-0.4, -0.2) is 23.8 Å². The summed E-state index contributed by atoms with van der Waals surface area (Å²) in [4.78, 5) is 26.9. The van der Waals surface area contributed by atoms with Gasteiger partial charge in [-0.2, -0.15) is 0 Å². The van der Waals surface area contributed by atoms with Crippen molar-refractivity contribution < 1.29 is 14.7 Å². The van der Waals surface area contributed by atoms with Crippen molar-refractivity contribution in [3.05, 3.63) is 64.7 Å². The molecule has 1 aliphatic carbocycles. The molecule has 128 valence electrons. The van der Waals surface area contributed by atoms with Crippen LogP contribution < -0.4 is 4.90 Å². The Bertz CT molecular complexity index is 873. The van der Waals surface area contributed by atoms with Crippen molar-refractivity contribution in [2.75, 3.05) is 11.9 Å². The van der Waals surface area contributed by atoms with Crippen LogP contribution in [0.25, 0.3) is 0 Å². The van der Waals surface area contributed by atoms with Gasteiger partial charge in [0.25, 0.3) is 5.91 Å². The maximum absolute atomic E-state index is 12.8. The second kappa shape index (κ2) is 5.81. The van der Waals surface area contributed by atoms with Gasteiger partial charge in [-0.1, -0.05) is 30.3 Å². The summed E-state index contributed by atoms with van der Waals surface area (Å²) in [6.07, 6.45) is 4.16. The van der Waals surface area contributed by atoms with E-state index in [1.165, 1.54) is 22.4 Å². The quantitative estimate of drug-likeness (QED) is 0.877. The van der Waals surface area contributed by atoms with E-state index in [4.69, 9.17) is 0 Å². The van der Waals surface area contributed by atoms with Gasteiger partial charge in [-0.25, -0.2) is 0 Å². The molecule has 2 aromatic carbocycles. The molecule has 1 atom stereocenters. The SMILES string of the molecule is CN1C(=O)[C@@](O)(CC(=O)c2ccc3c(c2)CCCC3)c2ccccc21. The topological polar surface area (TPSA) is 57.6 Å². The maximum Gasteiger partial charge on any atom is 0.263 e. The van der Waals surface area contributed by atoms with Gasteiger partial charge in [0.1, 0.15) is 0 Å². The lowest BCUT2D eigenvalue weighted by Gasteiger charge is -2.22. The standard InChI is InChI=1S/C21H21NO3/c1-22-18-9-5-4-8-17(18)21(25,20(22)24)13-19(23)16-11-10-14-6-2-3-7-15(14)12-16/h4-5,8-12,25H,2-3,6-7,13H2,1H3/t21-/m1/s1. The number of hydrogen-bond acceptors (Lipinski definition) is 3. The third-order valence-corrected chi connectivity index (χ3v) is 5.46. The van der Waals surface area contributed by atoms with Crippen molar-refractivity contribution >= 4 is 17.4 Å². The number of ketones is 1. The van der Waals surface area contributed by atoms with Gasteiger partial charge in [0.2, 0.25) is 0 Å². The summed E-state index contributed by atoms with van der Waals surface area (Å²) in [6.45, 7) is 0. The Kier molecular flexibility index (Phi) is 3.73. The lowest BCUT2D eigenvalue weighted by atomic mass is 9.85. The first-order chi connectivity index (χ1) is 12.0. The van der Waals surface area contributed by atoms with Crippen LogP contribution in [-0.2, 0) is 23.2 Å². The Morgan fingerprint density at radius 2 is 1.84 bits per heavy atom. The highest BCUT2D eigenvalue weighted by Crippen LogP contribution is 2.42.